The van der Waals surface area contributed by atoms with Crippen molar-refractivity contribution in [1.29, 1.82) is 0 Å². The zero-order chi connectivity index (χ0) is 9.97. The van der Waals surface area contributed by atoms with Crippen LogP contribution in [0.5, 0.6) is 0 Å². The molecule has 76 valence electrons. The van der Waals surface area contributed by atoms with E-state index in [9.17, 15) is 0 Å². The molecule has 14 heavy (non-hydrogen) atoms. The highest BCUT2D eigenvalue weighted by molar-refractivity contribution is 9.10. The van der Waals surface area contributed by atoms with Gasteiger partial charge in [-0.3, -0.25) is 0 Å². The number of nitrogens with one attached hydrogen (secondary N) is 1. The van der Waals surface area contributed by atoms with Crippen LogP contribution in [0, 0.1) is 0 Å². The van der Waals surface area contributed by atoms with Crippen LogP contribution >= 0.6 is 15.9 Å². The summed E-state index contributed by atoms with van der Waals surface area (Å²) < 4.78 is 1.03. The van der Waals surface area contributed by atoms with Crippen LogP contribution in [0.25, 0.3) is 0 Å². The zero-order valence-electron chi connectivity index (χ0n) is 8.26. The Labute approximate surface area is 92.6 Å². The van der Waals surface area contributed by atoms with Crippen LogP contribution in [0.1, 0.15) is 13.3 Å². The number of halogens is 1. The van der Waals surface area contributed by atoms with Gasteiger partial charge >= 0.3 is 0 Å². The van der Waals surface area contributed by atoms with Crippen molar-refractivity contribution in [2.24, 2.45) is 0 Å². The summed E-state index contributed by atoms with van der Waals surface area (Å²) >= 11 is 3.43. The average molecular weight is 256 g/mol. The molecule has 2 rings (SSSR count). The maximum absolute atomic E-state index is 4.44. The maximum atomic E-state index is 4.44. The summed E-state index contributed by atoms with van der Waals surface area (Å²) in [5.74, 6) is 1.08. The van der Waals surface area contributed by atoms with Crippen molar-refractivity contribution in [1.82, 2.24) is 4.98 Å². The van der Waals surface area contributed by atoms with Crippen molar-refractivity contribution < 1.29 is 0 Å². The van der Waals surface area contributed by atoms with Gasteiger partial charge in [0.25, 0.3) is 0 Å². The molecule has 0 saturated heterocycles. The van der Waals surface area contributed by atoms with Gasteiger partial charge in [-0.05, 0) is 28.4 Å². The molecule has 3 nitrogen and oxygen atoms in total. The Morgan fingerprint density at radius 3 is 3.29 bits per heavy atom. The van der Waals surface area contributed by atoms with E-state index in [0.29, 0.717) is 0 Å². The highest BCUT2D eigenvalue weighted by atomic mass is 79.9. The fraction of sp³-hybridized carbons (Fsp3) is 0.500. The predicted octanol–water partition coefficient (Wildman–Crippen LogP) is 2.49. The summed E-state index contributed by atoms with van der Waals surface area (Å²) in [6.07, 6.45) is 3.02. The molecule has 1 aliphatic rings. The van der Waals surface area contributed by atoms with Crippen molar-refractivity contribution in [3.63, 3.8) is 0 Å². The highest BCUT2D eigenvalue weighted by Gasteiger charge is 2.16. The van der Waals surface area contributed by atoms with Crippen LogP contribution in [-0.2, 0) is 0 Å². The summed E-state index contributed by atoms with van der Waals surface area (Å²) in [6.45, 7) is 5.34. The Morgan fingerprint density at radius 2 is 2.50 bits per heavy atom. The molecule has 0 aliphatic carbocycles. The molecule has 0 bridgehead atoms. The molecule has 0 fully saturated rings. The summed E-state index contributed by atoms with van der Waals surface area (Å²) in [5.41, 5.74) is 1.14. The SMILES string of the molecule is CCCN1CCNc2cc(Br)cnc21. The second-order valence-electron chi connectivity index (χ2n) is 3.44. The molecule has 1 N–H and O–H groups in total. The second-order valence-corrected chi connectivity index (χ2v) is 4.35. The molecular formula is C10H14BrN3. The van der Waals surface area contributed by atoms with Gasteiger partial charge in [0.2, 0.25) is 0 Å². The van der Waals surface area contributed by atoms with Gasteiger partial charge in [0.15, 0.2) is 5.82 Å². The monoisotopic (exact) mass is 255 g/mol. The minimum absolute atomic E-state index is 1.01. The lowest BCUT2D eigenvalue weighted by Gasteiger charge is -2.30. The number of hydrogen-bond donors (Lipinski definition) is 1. The van der Waals surface area contributed by atoms with Crippen LogP contribution < -0.4 is 10.2 Å². The van der Waals surface area contributed by atoms with Crippen molar-refractivity contribution in [2.75, 3.05) is 29.9 Å². The smallest absolute Gasteiger partial charge is 0.152 e. The number of hydrogen-bond acceptors (Lipinski definition) is 3. The van der Waals surface area contributed by atoms with Gasteiger partial charge in [-0.2, -0.15) is 0 Å². The normalized spacial score (nSPS) is 14.9. The van der Waals surface area contributed by atoms with Crippen LogP contribution in [0.3, 0.4) is 0 Å². The first-order chi connectivity index (χ1) is 6.81. The third kappa shape index (κ3) is 1.85. The number of fused-ring (bicyclic) bond motifs is 1. The molecule has 0 atom stereocenters. The van der Waals surface area contributed by atoms with E-state index in [0.717, 1.165) is 42.0 Å². The quantitative estimate of drug-likeness (QED) is 0.881. The minimum Gasteiger partial charge on any atom is -0.380 e. The molecule has 0 saturated carbocycles. The first-order valence-electron chi connectivity index (χ1n) is 4.95. The van der Waals surface area contributed by atoms with E-state index in [1.54, 1.807) is 0 Å². The van der Waals surface area contributed by atoms with Crippen molar-refractivity contribution in [3.05, 3.63) is 16.7 Å². The summed E-state index contributed by atoms with van der Waals surface area (Å²) in [6, 6.07) is 2.09. The molecular weight excluding hydrogens is 242 g/mol. The van der Waals surface area contributed by atoms with E-state index >= 15 is 0 Å². The Balaban J connectivity index is 2.30. The Hall–Kier alpha value is -0.770. The van der Waals surface area contributed by atoms with Gasteiger partial charge in [-0.1, -0.05) is 6.92 Å². The maximum Gasteiger partial charge on any atom is 0.152 e. The van der Waals surface area contributed by atoms with Gasteiger partial charge < -0.3 is 10.2 Å². The van der Waals surface area contributed by atoms with Gasteiger partial charge in [0.05, 0.1) is 5.69 Å². The van der Waals surface area contributed by atoms with E-state index in [1.807, 2.05) is 6.20 Å². The Kier molecular flexibility index (Phi) is 2.91. The van der Waals surface area contributed by atoms with Crippen molar-refractivity contribution in [3.8, 4) is 0 Å². The largest absolute Gasteiger partial charge is 0.380 e. The predicted molar refractivity (Wildman–Crippen MR) is 62.9 cm³/mol. The second kappa shape index (κ2) is 4.17. The number of rotatable bonds is 2. The lowest BCUT2D eigenvalue weighted by atomic mass is 10.2. The molecule has 2 heterocycles. The molecule has 0 spiro atoms. The van der Waals surface area contributed by atoms with Crippen molar-refractivity contribution in [2.45, 2.75) is 13.3 Å². The fourth-order valence-corrected chi connectivity index (χ4v) is 2.06. The van der Waals surface area contributed by atoms with E-state index in [1.165, 1.54) is 0 Å². The van der Waals surface area contributed by atoms with Gasteiger partial charge in [0, 0.05) is 30.3 Å². The molecule has 0 radical (unpaired) electrons. The summed E-state index contributed by atoms with van der Waals surface area (Å²) in [7, 11) is 0. The third-order valence-electron chi connectivity index (χ3n) is 2.32. The average Bonchev–Trinajstić information content (AvgIpc) is 2.18. The van der Waals surface area contributed by atoms with E-state index < -0.39 is 0 Å². The lowest BCUT2D eigenvalue weighted by Crippen LogP contribution is -2.35. The first-order valence-corrected chi connectivity index (χ1v) is 5.75. The Morgan fingerprint density at radius 1 is 1.64 bits per heavy atom. The minimum atomic E-state index is 1.01. The number of nitrogens with zero attached hydrogens (tertiary/aromatic N) is 2. The third-order valence-corrected chi connectivity index (χ3v) is 2.76. The van der Waals surface area contributed by atoms with Gasteiger partial charge in [-0.15, -0.1) is 0 Å². The summed E-state index contributed by atoms with van der Waals surface area (Å²) in [4.78, 5) is 6.77. The summed E-state index contributed by atoms with van der Waals surface area (Å²) in [5, 5.41) is 3.36. The van der Waals surface area contributed by atoms with Crippen LogP contribution in [0.4, 0.5) is 11.5 Å². The first kappa shape index (κ1) is 9.77. The van der Waals surface area contributed by atoms with Crippen LogP contribution in [0.15, 0.2) is 16.7 Å². The van der Waals surface area contributed by atoms with E-state index in [-0.39, 0.29) is 0 Å². The van der Waals surface area contributed by atoms with E-state index in [4.69, 9.17) is 0 Å². The molecule has 1 aliphatic heterocycles. The highest BCUT2D eigenvalue weighted by Crippen LogP contribution is 2.28. The van der Waals surface area contributed by atoms with E-state index in [2.05, 4.69) is 44.1 Å². The molecule has 4 heteroatoms. The molecule has 1 aromatic heterocycles. The number of aromatic nitrogens is 1. The van der Waals surface area contributed by atoms with Gasteiger partial charge in [-0.25, -0.2) is 4.98 Å². The standard InChI is InChI=1S/C10H14BrN3/c1-2-4-14-5-3-12-9-6-8(11)7-13-10(9)14/h6-7,12H,2-5H2,1H3. The molecule has 1 aromatic rings. The number of pyridine rings is 1. The van der Waals surface area contributed by atoms with Crippen molar-refractivity contribution >= 4 is 27.4 Å². The lowest BCUT2D eigenvalue weighted by molar-refractivity contribution is 0.746. The Bertz CT molecular complexity index is 327. The fourth-order valence-electron chi connectivity index (χ4n) is 1.73. The van der Waals surface area contributed by atoms with Crippen LogP contribution in [-0.4, -0.2) is 24.6 Å². The van der Waals surface area contributed by atoms with Gasteiger partial charge in [0.1, 0.15) is 0 Å². The van der Waals surface area contributed by atoms with Crippen LogP contribution in [0.2, 0.25) is 0 Å². The molecule has 0 aromatic carbocycles. The zero-order valence-corrected chi connectivity index (χ0v) is 9.84. The number of anilines is 2. The molecule has 0 amide bonds. The topological polar surface area (TPSA) is 28.2 Å². The molecule has 0 unspecified atom stereocenters.